The zero-order chi connectivity index (χ0) is 14.0. The summed E-state index contributed by atoms with van der Waals surface area (Å²) >= 11 is 0. The molecule has 0 saturated carbocycles. The van der Waals surface area contributed by atoms with E-state index in [0.29, 0.717) is 17.8 Å². The van der Waals surface area contributed by atoms with Gasteiger partial charge in [0, 0.05) is 0 Å². The number of ether oxygens (including phenoxy) is 1. The molecule has 0 aromatic carbocycles. The number of aliphatic hydroxyl groups excluding tert-OH is 1. The van der Waals surface area contributed by atoms with Gasteiger partial charge in [-0.2, -0.15) is 5.10 Å². The van der Waals surface area contributed by atoms with Gasteiger partial charge in [-0.3, -0.25) is 0 Å². The van der Waals surface area contributed by atoms with E-state index in [2.05, 4.69) is 15.1 Å². The van der Waals surface area contributed by atoms with E-state index < -0.39 is 11.9 Å². The number of aromatic nitrogens is 4. The van der Waals surface area contributed by atoms with E-state index >= 15 is 0 Å². The highest BCUT2D eigenvalue weighted by Crippen LogP contribution is 2.25. The first-order valence-electron chi connectivity index (χ1n) is 5.95. The van der Waals surface area contributed by atoms with E-state index in [0.717, 1.165) is 0 Å². The Bertz CT molecular complexity index is 564. The maximum atomic E-state index is 10.4. The van der Waals surface area contributed by atoms with Crippen LogP contribution in [0.2, 0.25) is 0 Å². The average molecular weight is 267 g/mol. The van der Waals surface area contributed by atoms with Crippen LogP contribution in [0.5, 0.6) is 0 Å². The van der Waals surface area contributed by atoms with Gasteiger partial charge >= 0.3 is 0 Å². The molecule has 2 aromatic rings. The van der Waals surface area contributed by atoms with Crippen LogP contribution in [0.3, 0.4) is 0 Å². The number of rotatable bonds is 5. The molecule has 8 nitrogen and oxygen atoms in total. The maximum Gasteiger partial charge on any atom is 0.208 e. The number of anilines is 1. The Kier molecular flexibility index (Phi) is 3.65. The smallest absolute Gasteiger partial charge is 0.208 e. The van der Waals surface area contributed by atoms with Crippen molar-refractivity contribution < 1.29 is 14.9 Å². The lowest BCUT2D eigenvalue weighted by molar-refractivity contribution is -0.236. The molecular formula is C11H17N5O3. The van der Waals surface area contributed by atoms with Gasteiger partial charge in [-0.15, -0.1) is 0 Å². The molecule has 0 aliphatic rings. The lowest BCUT2D eigenvalue weighted by atomic mass is 10.2. The monoisotopic (exact) mass is 267 g/mol. The van der Waals surface area contributed by atoms with E-state index in [9.17, 15) is 5.11 Å². The number of aliphatic hydroxyl groups is 2. The van der Waals surface area contributed by atoms with Crippen molar-refractivity contribution in [3.8, 4) is 0 Å². The Hall–Kier alpha value is -1.77. The molecule has 104 valence electrons. The fraction of sp³-hybridized carbons (Fsp3) is 0.545. The van der Waals surface area contributed by atoms with Crippen molar-refractivity contribution in [3.05, 3.63) is 18.2 Å². The molecule has 2 heterocycles. The second kappa shape index (κ2) is 5.08. The van der Waals surface area contributed by atoms with Crippen LogP contribution in [0.4, 0.5) is 5.82 Å². The lowest BCUT2D eigenvalue weighted by Crippen LogP contribution is -2.34. The second-order valence-electron chi connectivity index (χ2n) is 4.34. The van der Waals surface area contributed by atoms with Gasteiger partial charge in [0.15, 0.2) is 11.5 Å². The molecule has 0 amide bonds. The number of nitrogens with two attached hydrogens (primary N) is 1. The Labute approximate surface area is 109 Å². The van der Waals surface area contributed by atoms with Crippen molar-refractivity contribution in [1.82, 2.24) is 19.6 Å². The molecule has 19 heavy (non-hydrogen) atoms. The summed E-state index contributed by atoms with van der Waals surface area (Å²) < 4.78 is 6.84. The molecule has 8 heteroatoms. The third kappa shape index (κ3) is 2.50. The van der Waals surface area contributed by atoms with E-state index in [1.165, 1.54) is 24.0 Å². The highest BCUT2D eigenvalue weighted by molar-refractivity contribution is 5.58. The summed E-state index contributed by atoms with van der Waals surface area (Å²) in [5, 5.41) is 23.5. The summed E-state index contributed by atoms with van der Waals surface area (Å²) in [5.74, 6) is -1.42. The van der Waals surface area contributed by atoms with Crippen molar-refractivity contribution in [2.75, 3.05) is 12.3 Å². The van der Waals surface area contributed by atoms with Crippen molar-refractivity contribution in [3.63, 3.8) is 0 Å². The highest BCUT2D eigenvalue weighted by atomic mass is 16.6. The van der Waals surface area contributed by atoms with Gasteiger partial charge in [0.1, 0.15) is 12.0 Å². The van der Waals surface area contributed by atoms with Crippen LogP contribution < -0.4 is 5.73 Å². The first-order chi connectivity index (χ1) is 8.99. The molecular weight excluding hydrogens is 250 g/mol. The molecule has 0 saturated heterocycles. The topological polar surface area (TPSA) is 119 Å². The van der Waals surface area contributed by atoms with Gasteiger partial charge < -0.3 is 20.7 Å². The molecule has 2 unspecified atom stereocenters. The Morgan fingerprint density at radius 2 is 2.26 bits per heavy atom. The molecule has 2 aromatic heterocycles. The summed E-state index contributed by atoms with van der Waals surface area (Å²) in [6.07, 6.45) is 2.79. The fourth-order valence-electron chi connectivity index (χ4n) is 1.79. The minimum absolute atomic E-state index is 0.180. The van der Waals surface area contributed by atoms with Crippen molar-refractivity contribution in [1.29, 1.82) is 0 Å². The van der Waals surface area contributed by atoms with Crippen molar-refractivity contribution >= 4 is 11.5 Å². The summed E-state index contributed by atoms with van der Waals surface area (Å²) in [6, 6.07) is 0. The zero-order valence-electron chi connectivity index (χ0n) is 10.8. The van der Waals surface area contributed by atoms with Crippen molar-refractivity contribution in [2.24, 2.45) is 0 Å². The largest absolute Gasteiger partial charge is 0.394 e. The number of hydrogen-bond acceptors (Lipinski definition) is 7. The first-order valence-corrected chi connectivity index (χ1v) is 5.95. The molecule has 0 aliphatic carbocycles. The van der Waals surface area contributed by atoms with Gasteiger partial charge in [-0.25, -0.2) is 14.5 Å². The van der Waals surface area contributed by atoms with Crippen molar-refractivity contribution in [2.45, 2.75) is 32.2 Å². The first kappa shape index (κ1) is 13.7. The molecule has 0 radical (unpaired) electrons. The molecule has 2 rings (SSSR count). The molecule has 2 atom stereocenters. The highest BCUT2D eigenvalue weighted by Gasteiger charge is 2.31. The standard InChI is InChI=1S/C11H17N5O3/c1-3-7(5-17)19-11(2,18)8-4-13-10-9(12)14-6-15-16(8)10/h4,6-7,17-18H,3,5H2,1-2H3,(H2,12,14,15). The number of fused-ring (bicyclic) bond motifs is 1. The van der Waals surface area contributed by atoms with E-state index in [-0.39, 0.29) is 12.4 Å². The molecule has 0 aliphatic heterocycles. The normalized spacial score (nSPS) is 16.4. The molecule has 0 spiro atoms. The van der Waals surface area contributed by atoms with E-state index in [1.807, 2.05) is 6.92 Å². The van der Waals surface area contributed by atoms with E-state index in [4.69, 9.17) is 15.6 Å². The van der Waals surface area contributed by atoms with Crippen LogP contribution in [0.15, 0.2) is 12.5 Å². The van der Waals surface area contributed by atoms with Crippen LogP contribution in [0.25, 0.3) is 5.65 Å². The fourth-order valence-corrected chi connectivity index (χ4v) is 1.79. The summed E-state index contributed by atoms with van der Waals surface area (Å²) in [4.78, 5) is 7.87. The quantitative estimate of drug-likeness (QED) is 0.634. The number of nitrogen functional groups attached to an aromatic ring is 1. The van der Waals surface area contributed by atoms with Crippen LogP contribution in [-0.4, -0.2) is 42.5 Å². The average Bonchev–Trinajstić information content (AvgIpc) is 2.82. The minimum Gasteiger partial charge on any atom is -0.394 e. The van der Waals surface area contributed by atoms with Crippen LogP contribution in [-0.2, 0) is 10.5 Å². The predicted octanol–water partition coefficient (Wildman–Crippen LogP) is -0.341. The maximum absolute atomic E-state index is 10.4. The molecule has 0 fully saturated rings. The van der Waals surface area contributed by atoms with Gasteiger partial charge in [-0.05, 0) is 13.3 Å². The Morgan fingerprint density at radius 1 is 1.53 bits per heavy atom. The molecule has 4 N–H and O–H groups in total. The molecule has 0 bridgehead atoms. The third-order valence-electron chi connectivity index (χ3n) is 2.86. The SMILES string of the molecule is CCC(CO)OC(C)(O)c1cnc2c(N)ncnn12. The predicted molar refractivity (Wildman–Crippen MR) is 67.0 cm³/mol. The Balaban J connectivity index is 2.40. The summed E-state index contributed by atoms with van der Waals surface area (Å²) in [7, 11) is 0. The minimum atomic E-state index is -1.64. The van der Waals surface area contributed by atoms with Crippen LogP contribution in [0, 0.1) is 0 Å². The van der Waals surface area contributed by atoms with E-state index in [1.54, 1.807) is 0 Å². The third-order valence-corrected chi connectivity index (χ3v) is 2.86. The van der Waals surface area contributed by atoms with Gasteiger partial charge in [0.2, 0.25) is 5.79 Å². The van der Waals surface area contributed by atoms with Gasteiger partial charge in [0.25, 0.3) is 0 Å². The second-order valence-corrected chi connectivity index (χ2v) is 4.34. The number of nitrogens with zero attached hydrogens (tertiary/aromatic N) is 4. The zero-order valence-corrected chi connectivity index (χ0v) is 10.8. The lowest BCUT2D eigenvalue weighted by Gasteiger charge is -2.27. The van der Waals surface area contributed by atoms with Gasteiger partial charge in [-0.1, -0.05) is 6.92 Å². The van der Waals surface area contributed by atoms with Gasteiger partial charge in [0.05, 0.1) is 18.9 Å². The number of hydrogen-bond donors (Lipinski definition) is 3. The number of imidazole rings is 1. The van der Waals surface area contributed by atoms with Crippen LogP contribution >= 0.6 is 0 Å². The Morgan fingerprint density at radius 3 is 2.89 bits per heavy atom. The summed E-state index contributed by atoms with van der Waals surface area (Å²) in [6.45, 7) is 3.14. The summed E-state index contributed by atoms with van der Waals surface area (Å²) in [5.41, 5.74) is 6.34. The van der Waals surface area contributed by atoms with Crippen LogP contribution in [0.1, 0.15) is 26.0 Å².